The molecule has 0 unspecified atom stereocenters. The van der Waals surface area contributed by atoms with Crippen LogP contribution in [0.5, 0.6) is 0 Å². The predicted molar refractivity (Wildman–Crippen MR) is 39.5 cm³/mol. The van der Waals surface area contributed by atoms with Crippen LogP contribution < -0.4 is 0 Å². The molecule has 48 valence electrons. The minimum atomic E-state index is 0.448. The van der Waals surface area contributed by atoms with E-state index in [1.165, 1.54) is 0 Å². The second-order valence-electron chi connectivity index (χ2n) is 2.53. The Balaban J connectivity index is 2.41. The zero-order chi connectivity index (χ0) is 6.43. The van der Waals surface area contributed by atoms with Crippen molar-refractivity contribution in [3.05, 3.63) is 22.2 Å². The number of halogens is 2. The normalized spacial score (nSPS) is 38.9. The van der Waals surface area contributed by atoms with Gasteiger partial charge in [-0.3, -0.25) is 0 Å². The number of allylic oxidation sites excluding steroid dienone is 4. The SMILES string of the molecule is ClC1=C(Cl)[C@H]2C=C[C@@H]1C2. The lowest BCUT2D eigenvalue weighted by atomic mass is 10.2. The summed E-state index contributed by atoms with van der Waals surface area (Å²) in [6.07, 6.45) is 5.38. The van der Waals surface area contributed by atoms with Crippen molar-refractivity contribution in [3.63, 3.8) is 0 Å². The average molecular weight is 161 g/mol. The Labute approximate surface area is 64.1 Å². The number of hydrogen-bond acceptors (Lipinski definition) is 0. The molecule has 2 rings (SSSR count). The summed E-state index contributed by atoms with van der Waals surface area (Å²) in [7, 11) is 0. The van der Waals surface area contributed by atoms with Crippen molar-refractivity contribution in [1.82, 2.24) is 0 Å². The van der Waals surface area contributed by atoms with E-state index in [4.69, 9.17) is 23.2 Å². The van der Waals surface area contributed by atoms with Crippen LogP contribution in [0.25, 0.3) is 0 Å². The Hall–Kier alpha value is 0.0600. The number of rotatable bonds is 0. The quantitative estimate of drug-likeness (QED) is 0.479. The molecule has 0 amide bonds. The van der Waals surface area contributed by atoms with Crippen molar-refractivity contribution < 1.29 is 0 Å². The van der Waals surface area contributed by atoms with Crippen LogP contribution in [0.2, 0.25) is 0 Å². The first-order valence-corrected chi connectivity index (χ1v) is 3.78. The van der Waals surface area contributed by atoms with Crippen LogP contribution in [0.15, 0.2) is 22.2 Å². The van der Waals surface area contributed by atoms with Crippen molar-refractivity contribution in [2.45, 2.75) is 6.42 Å². The lowest BCUT2D eigenvalue weighted by Gasteiger charge is -2.01. The molecule has 0 fully saturated rings. The van der Waals surface area contributed by atoms with Gasteiger partial charge in [-0.2, -0.15) is 0 Å². The lowest BCUT2D eigenvalue weighted by molar-refractivity contribution is 0.723. The summed E-state index contributed by atoms with van der Waals surface area (Å²) in [6, 6.07) is 0. The zero-order valence-corrected chi connectivity index (χ0v) is 6.28. The van der Waals surface area contributed by atoms with Crippen LogP contribution >= 0.6 is 23.2 Å². The minimum absolute atomic E-state index is 0.448. The maximum Gasteiger partial charge on any atom is 0.0400 e. The summed E-state index contributed by atoms with van der Waals surface area (Å²) in [5, 5.41) is 1.73. The Kier molecular flexibility index (Phi) is 1.14. The highest BCUT2D eigenvalue weighted by molar-refractivity contribution is 6.40. The van der Waals surface area contributed by atoms with Crippen LogP contribution in [0, 0.1) is 11.8 Å². The number of fused-ring (bicyclic) bond motifs is 2. The summed E-state index contributed by atoms with van der Waals surface area (Å²) in [5.74, 6) is 0.897. The molecule has 0 saturated heterocycles. The fraction of sp³-hybridized carbons (Fsp3) is 0.429. The average Bonchev–Trinajstić information content (AvgIpc) is 2.37. The van der Waals surface area contributed by atoms with Gasteiger partial charge in [0.25, 0.3) is 0 Å². The van der Waals surface area contributed by atoms with Gasteiger partial charge in [-0.25, -0.2) is 0 Å². The van der Waals surface area contributed by atoms with Crippen LogP contribution in [0.3, 0.4) is 0 Å². The van der Waals surface area contributed by atoms with E-state index in [9.17, 15) is 0 Å². The highest BCUT2D eigenvalue weighted by Gasteiger charge is 2.32. The third-order valence-corrected chi connectivity index (χ3v) is 3.03. The summed E-state index contributed by atoms with van der Waals surface area (Å²) in [5.41, 5.74) is 0. The van der Waals surface area contributed by atoms with Crippen molar-refractivity contribution >= 4 is 23.2 Å². The molecular weight excluding hydrogens is 155 g/mol. The molecule has 0 heterocycles. The third-order valence-electron chi connectivity index (χ3n) is 1.96. The molecular formula is C7H6Cl2. The molecule has 2 bridgehead atoms. The molecule has 0 spiro atoms. The van der Waals surface area contributed by atoms with E-state index in [1.54, 1.807) is 0 Å². The monoisotopic (exact) mass is 160 g/mol. The van der Waals surface area contributed by atoms with Crippen LogP contribution in [-0.4, -0.2) is 0 Å². The highest BCUT2D eigenvalue weighted by Crippen LogP contribution is 2.46. The van der Waals surface area contributed by atoms with Gasteiger partial charge in [-0.15, -0.1) is 0 Å². The first kappa shape index (κ1) is 5.82. The van der Waals surface area contributed by atoms with Gasteiger partial charge in [0.1, 0.15) is 0 Å². The predicted octanol–water partition coefficient (Wildman–Crippen LogP) is 2.88. The van der Waals surface area contributed by atoms with Gasteiger partial charge >= 0.3 is 0 Å². The van der Waals surface area contributed by atoms with Crippen LogP contribution in [0.1, 0.15) is 6.42 Å². The third kappa shape index (κ3) is 0.667. The largest absolute Gasteiger partial charge is 0.0872 e. The second-order valence-corrected chi connectivity index (χ2v) is 3.34. The lowest BCUT2D eigenvalue weighted by Crippen LogP contribution is -1.86. The van der Waals surface area contributed by atoms with Gasteiger partial charge in [0, 0.05) is 21.9 Å². The highest BCUT2D eigenvalue weighted by atomic mass is 35.5. The van der Waals surface area contributed by atoms with Gasteiger partial charge in [0.05, 0.1) is 0 Å². The molecule has 0 radical (unpaired) electrons. The fourth-order valence-corrected chi connectivity index (χ4v) is 2.03. The standard InChI is InChI=1S/C7H6Cl2/c8-6-4-1-2-5(3-4)7(6)9/h1-2,4-5H,3H2/t4-,5+. The van der Waals surface area contributed by atoms with E-state index in [0.29, 0.717) is 11.8 Å². The van der Waals surface area contributed by atoms with E-state index >= 15 is 0 Å². The summed E-state index contributed by atoms with van der Waals surface area (Å²) in [4.78, 5) is 0. The Morgan fingerprint density at radius 3 is 1.78 bits per heavy atom. The maximum absolute atomic E-state index is 5.86. The smallest absolute Gasteiger partial charge is 0.0400 e. The van der Waals surface area contributed by atoms with Gasteiger partial charge in [-0.05, 0) is 6.42 Å². The summed E-state index contributed by atoms with van der Waals surface area (Å²) < 4.78 is 0. The van der Waals surface area contributed by atoms with Gasteiger partial charge in [-0.1, -0.05) is 35.4 Å². The Morgan fingerprint density at radius 1 is 1.11 bits per heavy atom. The molecule has 0 aliphatic heterocycles. The second kappa shape index (κ2) is 1.77. The molecule has 0 nitrogen and oxygen atoms in total. The molecule has 0 N–H and O–H groups in total. The molecule has 0 aromatic heterocycles. The van der Waals surface area contributed by atoms with Crippen LogP contribution in [0.4, 0.5) is 0 Å². The van der Waals surface area contributed by atoms with E-state index in [2.05, 4.69) is 12.2 Å². The van der Waals surface area contributed by atoms with E-state index in [0.717, 1.165) is 16.5 Å². The van der Waals surface area contributed by atoms with Crippen LogP contribution in [-0.2, 0) is 0 Å². The molecule has 9 heavy (non-hydrogen) atoms. The summed E-state index contributed by atoms with van der Waals surface area (Å²) in [6.45, 7) is 0. The van der Waals surface area contributed by atoms with Gasteiger partial charge in [0.2, 0.25) is 0 Å². The molecule has 2 atom stereocenters. The van der Waals surface area contributed by atoms with E-state index in [1.807, 2.05) is 0 Å². The van der Waals surface area contributed by atoms with Crippen molar-refractivity contribution in [3.8, 4) is 0 Å². The molecule has 0 aromatic carbocycles. The molecule has 2 heteroatoms. The topological polar surface area (TPSA) is 0 Å². The van der Waals surface area contributed by atoms with E-state index < -0.39 is 0 Å². The van der Waals surface area contributed by atoms with Crippen molar-refractivity contribution in [2.75, 3.05) is 0 Å². The number of hydrogen-bond donors (Lipinski definition) is 0. The molecule has 0 aromatic rings. The first-order chi connectivity index (χ1) is 4.29. The zero-order valence-electron chi connectivity index (χ0n) is 4.77. The van der Waals surface area contributed by atoms with E-state index in [-0.39, 0.29) is 0 Å². The van der Waals surface area contributed by atoms with Crippen molar-refractivity contribution in [2.24, 2.45) is 11.8 Å². The van der Waals surface area contributed by atoms with Crippen molar-refractivity contribution in [1.29, 1.82) is 0 Å². The minimum Gasteiger partial charge on any atom is -0.0872 e. The van der Waals surface area contributed by atoms with Gasteiger partial charge < -0.3 is 0 Å². The van der Waals surface area contributed by atoms with Gasteiger partial charge in [0.15, 0.2) is 0 Å². The Bertz CT molecular complexity index is 183. The fourth-order valence-electron chi connectivity index (χ4n) is 1.43. The molecule has 2 aliphatic rings. The molecule has 2 aliphatic carbocycles. The Morgan fingerprint density at radius 2 is 1.56 bits per heavy atom. The maximum atomic E-state index is 5.86. The summed E-state index contributed by atoms with van der Waals surface area (Å²) >= 11 is 11.7. The molecule has 0 saturated carbocycles. The first-order valence-electron chi connectivity index (χ1n) is 3.02.